The number of rotatable bonds is 7. The Morgan fingerprint density at radius 1 is 0.548 bits per heavy atom. The van der Waals surface area contributed by atoms with Crippen LogP contribution in [0.5, 0.6) is 11.5 Å². The van der Waals surface area contributed by atoms with Crippen molar-refractivity contribution in [2.24, 2.45) is 11.8 Å². The number of para-hydroxylation sites is 2. The molecule has 14 heteroatoms. The largest absolute Gasteiger partial charge is 0.507 e. The molecule has 0 saturated heterocycles. The number of carbonyl (C=O) groups is 2. The summed E-state index contributed by atoms with van der Waals surface area (Å²) < 4.78 is 2.31. The Balaban J connectivity index is 1.36. The van der Waals surface area contributed by atoms with Crippen LogP contribution in [-0.4, -0.2) is 51.3 Å². The molecule has 0 atom stereocenters. The van der Waals surface area contributed by atoms with E-state index < -0.39 is 45.7 Å². The molecule has 62 heavy (non-hydrogen) atoms. The van der Waals surface area contributed by atoms with Crippen LogP contribution >= 0.6 is 0 Å². The molecule has 6 N–H and O–H groups in total. The predicted octanol–water partition coefficient (Wildman–Crippen LogP) is 7.60. The molecular formula is C48H44N6O8. The van der Waals surface area contributed by atoms with Gasteiger partial charge in [-0.2, -0.15) is 0 Å². The number of phenols is 2. The number of ketones is 2. The van der Waals surface area contributed by atoms with Gasteiger partial charge in [0, 0.05) is 45.8 Å². The Bertz CT molecular complexity index is 3040. The van der Waals surface area contributed by atoms with Crippen LogP contribution in [0.15, 0.2) is 94.2 Å². The van der Waals surface area contributed by atoms with Gasteiger partial charge in [0.25, 0.3) is 11.1 Å². The minimum absolute atomic E-state index is 0.0353. The highest BCUT2D eigenvalue weighted by molar-refractivity contribution is 6.35. The second kappa shape index (κ2) is 15.1. The van der Waals surface area contributed by atoms with Crippen molar-refractivity contribution in [2.75, 3.05) is 10.9 Å². The molecule has 0 fully saturated rings. The molecule has 2 aliphatic rings. The zero-order chi connectivity index (χ0) is 44.6. The topological polar surface area (TPSA) is 209 Å². The van der Waals surface area contributed by atoms with Gasteiger partial charge in [0.05, 0.1) is 33.0 Å². The van der Waals surface area contributed by atoms with E-state index in [9.17, 15) is 39.6 Å². The number of fused-ring (bicyclic) bond motifs is 4. The van der Waals surface area contributed by atoms with Gasteiger partial charge in [0.15, 0.2) is 11.5 Å². The van der Waals surface area contributed by atoms with E-state index in [4.69, 9.17) is 0 Å². The monoisotopic (exact) mass is 832 g/mol. The van der Waals surface area contributed by atoms with Crippen LogP contribution in [0.4, 0.5) is 0 Å². The van der Waals surface area contributed by atoms with Gasteiger partial charge in [-0.15, -0.1) is 0 Å². The number of allylic oxidation sites excluding steroid dienone is 4. The summed E-state index contributed by atoms with van der Waals surface area (Å²) in [4.78, 5) is 64.5. The maximum atomic E-state index is 14.1. The van der Waals surface area contributed by atoms with Crippen molar-refractivity contribution < 1.29 is 30.0 Å². The fourth-order valence-electron chi connectivity index (χ4n) is 8.68. The third kappa shape index (κ3) is 6.25. The first kappa shape index (κ1) is 41.0. The first-order chi connectivity index (χ1) is 29.4. The van der Waals surface area contributed by atoms with Gasteiger partial charge >= 0.3 is 0 Å². The average Bonchev–Trinajstić information content (AvgIpc) is 3.21. The second-order valence-electron chi connectivity index (χ2n) is 16.2. The lowest BCUT2D eigenvalue weighted by Gasteiger charge is -2.29. The van der Waals surface area contributed by atoms with Gasteiger partial charge in [-0.05, 0) is 86.1 Å². The number of aryl methyl sites for hydroxylation is 4. The zero-order valence-electron chi connectivity index (χ0n) is 35.3. The van der Waals surface area contributed by atoms with Crippen molar-refractivity contribution in [3.05, 3.63) is 150 Å². The summed E-state index contributed by atoms with van der Waals surface area (Å²) in [5.41, 5.74) is 8.02. The van der Waals surface area contributed by atoms with Crippen molar-refractivity contribution in [2.45, 2.75) is 55.4 Å². The van der Waals surface area contributed by atoms with Crippen LogP contribution in [0.1, 0.15) is 72.7 Å². The lowest BCUT2D eigenvalue weighted by molar-refractivity contribution is -0.113. The molecule has 314 valence electrons. The normalized spacial score (nSPS) is 15.5. The van der Waals surface area contributed by atoms with E-state index in [1.165, 1.54) is 12.4 Å². The van der Waals surface area contributed by atoms with Crippen molar-refractivity contribution in [1.82, 2.24) is 19.3 Å². The fraction of sp³-hybridized carbons (Fsp3) is 0.208. The summed E-state index contributed by atoms with van der Waals surface area (Å²) in [5.74, 6) is -3.69. The number of aromatic nitrogens is 4. The highest BCUT2D eigenvalue weighted by Gasteiger charge is 2.38. The number of nitrogens with zero attached hydrogens (tertiary/aromatic N) is 4. The number of Topliss-reactive ketones (excluding diaryl/α,β-unsaturated/α-hetero) is 2. The highest BCUT2D eigenvalue weighted by atomic mass is 16.3. The van der Waals surface area contributed by atoms with E-state index in [2.05, 4.69) is 20.8 Å². The smallest absolute Gasteiger partial charge is 0.280 e. The summed E-state index contributed by atoms with van der Waals surface area (Å²) in [6, 6.07) is 17.0. The Kier molecular flexibility index (Phi) is 9.97. The van der Waals surface area contributed by atoms with Crippen molar-refractivity contribution in [3.63, 3.8) is 0 Å². The Labute approximate surface area is 355 Å². The molecule has 0 bridgehead atoms. The Morgan fingerprint density at radius 2 is 0.903 bits per heavy atom. The van der Waals surface area contributed by atoms with Crippen LogP contribution in [-0.2, 0) is 9.59 Å². The second-order valence-corrected chi connectivity index (χ2v) is 16.2. The molecule has 0 unspecified atom stereocenters. The molecule has 0 spiro atoms. The van der Waals surface area contributed by atoms with Crippen molar-refractivity contribution in [3.8, 4) is 22.6 Å². The van der Waals surface area contributed by atoms with Crippen molar-refractivity contribution >= 4 is 55.7 Å². The first-order valence-electron chi connectivity index (χ1n) is 20.0. The van der Waals surface area contributed by atoms with Crippen LogP contribution < -0.4 is 22.0 Å². The molecule has 8 rings (SSSR count). The number of hydrogen-bond acceptors (Lipinski definition) is 12. The summed E-state index contributed by atoms with van der Waals surface area (Å²) >= 11 is 0. The Hall–Kier alpha value is -7.74. The average molecular weight is 833 g/mol. The third-order valence-corrected chi connectivity index (χ3v) is 11.5. The number of aromatic hydroxyl groups is 2. The number of benzene rings is 4. The quantitative estimate of drug-likeness (QED) is 0.0860. The maximum absolute atomic E-state index is 14.1. The van der Waals surface area contributed by atoms with E-state index in [0.29, 0.717) is 44.1 Å². The van der Waals surface area contributed by atoms with Gasteiger partial charge in [-0.3, -0.25) is 30.0 Å². The predicted molar refractivity (Wildman–Crippen MR) is 240 cm³/mol. The van der Waals surface area contributed by atoms with E-state index >= 15 is 0 Å². The molecule has 0 aliphatic heterocycles. The highest BCUT2D eigenvalue weighted by Crippen LogP contribution is 2.53. The molecule has 6 aromatic rings. The molecule has 4 aromatic carbocycles. The molecule has 0 amide bonds. The standard InChI is InChI=1S/C48H44N6O8/c1-21(2)35-29-17-23(5)37(43(57)39(29)31(41(55)45(35)59)19-49-53-25(7)51-33-15-11-9-13-27(33)47(53)61)38-24(6)18-30-36(22(3)4)46(60)42(56)32(40(30)44(38)58)20-50-54-26(8)52-34-16-12-10-14-28(34)48(54)62/h9-22,49-50,57-60H,1-8H3/b31-19-,32-20-. The lowest BCUT2D eigenvalue weighted by atomic mass is 9.75. The molecule has 14 nitrogen and oxygen atoms in total. The number of hydrogen-bond donors (Lipinski definition) is 6. The van der Waals surface area contributed by atoms with E-state index in [1.807, 2.05) is 0 Å². The van der Waals surface area contributed by atoms with Crippen LogP contribution in [0, 0.1) is 39.5 Å². The Morgan fingerprint density at radius 3 is 1.26 bits per heavy atom. The summed E-state index contributed by atoms with van der Waals surface area (Å²) in [7, 11) is 0. The number of carbonyl (C=O) groups excluding carboxylic acids is 2. The molecule has 0 radical (unpaired) electrons. The number of aliphatic hydroxyl groups excluding tert-OH is 2. The molecular weight excluding hydrogens is 789 g/mol. The summed E-state index contributed by atoms with van der Waals surface area (Å²) in [6.07, 6.45) is 2.47. The van der Waals surface area contributed by atoms with Crippen LogP contribution in [0.2, 0.25) is 0 Å². The molecule has 2 aromatic heterocycles. The van der Waals surface area contributed by atoms with Gasteiger partial charge in [-0.1, -0.05) is 64.1 Å². The lowest BCUT2D eigenvalue weighted by Crippen LogP contribution is -2.30. The van der Waals surface area contributed by atoms with Crippen LogP contribution in [0.3, 0.4) is 0 Å². The van der Waals surface area contributed by atoms with Crippen molar-refractivity contribution in [1.29, 1.82) is 0 Å². The third-order valence-electron chi connectivity index (χ3n) is 11.5. The van der Waals surface area contributed by atoms with E-state index in [1.54, 1.807) is 116 Å². The minimum Gasteiger partial charge on any atom is -0.507 e. The van der Waals surface area contributed by atoms with E-state index in [-0.39, 0.29) is 68.0 Å². The molecule has 0 saturated carbocycles. The van der Waals surface area contributed by atoms with Gasteiger partial charge in [-0.25, -0.2) is 19.3 Å². The SMILES string of the molecule is Cc1cc2c(c(O)c1-c1c(C)cc3c(c1O)/C(=C/Nn1c(C)nc4ccccc4c1=O)C(=O)C(O)=C3C(C)C)/C(=C/Nn1c(C)nc3ccccc3c1=O)C(=O)C(O)=C2C(C)C. The zero-order valence-corrected chi connectivity index (χ0v) is 35.3. The maximum Gasteiger partial charge on any atom is 0.280 e. The summed E-state index contributed by atoms with van der Waals surface area (Å²) in [6.45, 7) is 13.9. The summed E-state index contributed by atoms with van der Waals surface area (Å²) in [5, 5.41) is 48.5. The van der Waals surface area contributed by atoms with E-state index in [0.717, 1.165) is 9.35 Å². The van der Waals surface area contributed by atoms with Gasteiger partial charge in [0.1, 0.15) is 23.1 Å². The number of nitrogens with one attached hydrogen (secondary N) is 2. The van der Waals surface area contributed by atoms with Crippen LogP contribution in [0.25, 0.3) is 55.2 Å². The molecule has 2 heterocycles. The fourth-order valence-corrected chi connectivity index (χ4v) is 8.68. The number of phenolic OH excluding ortho intramolecular Hbond substituents is 2. The first-order valence-corrected chi connectivity index (χ1v) is 20.0. The van der Waals surface area contributed by atoms with Gasteiger partial charge < -0.3 is 20.4 Å². The molecule has 2 aliphatic carbocycles. The minimum atomic E-state index is -0.817. The number of aliphatic hydroxyl groups is 2. The van der Waals surface area contributed by atoms with Gasteiger partial charge in [0.2, 0.25) is 11.6 Å².